The molecule has 0 nitrogen and oxygen atoms in total. The molecule has 42 heavy (non-hydrogen) atoms. The summed E-state index contributed by atoms with van der Waals surface area (Å²) in [7, 11) is 0. The second-order valence-electron chi connectivity index (χ2n) is 13.2. The van der Waals surface area contributed by atoms with E-state index in [9.17, 15) is 0 Å². The third kappa shape index (κ3) is 7.81. The molecule has 0 radical (unpaired) electrons. The van der Waals surface area contributed by atoms with E-state index < -0.39 is 0 Å². The third-order valence-electron chi connectivity index (χ3n) is 7.93. The molecule has 0 fully saturated rings. The van der Waals surface area contributed by atoms with Crippen LogP contribution >= 0.6 is 0 Å². The van der Waals surface area contributed by atoms with Crippen molar-refractivity contribution in [3.63, 3.8) is 0 Å². The molecule has 0 aliphatic rings. The van der Waals surface area contributed by atoms with Gasteiger partial charge in [-0.1, -0.05) is 76.9 Å². The standard InChI is InChI=1S/C21H25.C15H14.C5H5.Hf/c1-20(2,3)16-7-9-18-14(12-16)11-15-13-17(21(4,5)6)8-10-19(15)18;1-12-7-6-10-15(13(12)2)11-14-8-4-3-5-9-14;1-2-4-5-3-1;/h7-13H,1-6H3;3-10H,1-2H3;1-5H;/q-1;;-1;+2. The number of hydrogen-bond donors (Lipinski definition) is 0. The second-order valence-corrected chi connectivity index (χ2v) is 15.0. The molecule has 1 heteroatoms. The van der Waals surface area contributed by atoms with Crippen LogP contribution in [0.3, 0.4) is 0 Å². The zero-order valence-corrected chi connectivity index (χ0v) is 30.1. The van der Waals surface area contributed by atoms with E-state index in [-0.39, 0.29) is 10.8 Å². The maximum atomic E-state index is 2.35. The summed E-state index contributed by atoms with van der Waals surface area (Å²) in [5.41, 5.74) is 8.78. The van der Waals surface area contributed by atoms with Gasteiger partial charge in [-0.15, -0.1) is 39.7 Å². The van der Waals surface area contributed by atoms with Crippen molar-refractivity contribution in [1.29, 1.82) is 0 Å². The van der Waals surface area contributed by atoms with Crippen molar-refractivity contribution in [2.45, 2.75) is 66.2 Å². The van der Waals surface area contributed by atoms with E-state index in [1.54, 1.807) is 0 Å². The molecular weight excluding hydrogens is 671 g/mol. The van der Waals surface area contributed by atoms with Crippen LogP contribution < -0.4 is 0 Å². The van der Waals surface area contributed by atoms with Gasteiger partial charge in [-0.3, -0.25) is 0 Å². The smallest absolute Gasteiger partial charge is 0.172 e. The summed E-state index contributed by atoms with van der Waals surface area (Å²) >= 11 is 1.08. The predicted molar refractivity (Wildman–Crippen MR) is 182 cm³/mol. The fourth-order valence-corrected chi connectivity index (χ4v) is 6.63. The van der Waals surface area contributed by atoms with E-state index in [1.807, 2.05) is 30.3 Å². The van der Waals surface area contributed by atoms with E-state index in [0.29, 0.717) is 0 Å². The molecule has 6 aromatic rings. The SMILES string of the molecule is CC(C)(C)c1ccc2c(c1)[cH-]c1cc(C(C)(C)C)ccc12.Cc1cccc([C](=[Hf+2])c2ccccc2)c1C.c1cc[cH-]c1. The van der Waals surface area contributed by atoms with Crippen molar-refractivity contribution in [2.24, 2.45) is 0 Å². The molecule has 0 saturated carbocycles. The molecule has 0 atom stereocenters. The number of fused-ring (bicyclic) bond motifs is 3. The van der Waals surface area contributed by atoms with Crippen LogP contribution in [0.25, 0.3) is 21.5 Å². The molecule has 6 rings (SSSR count). The Morgan fingerprint density at radius 1 is 0.595 bits per heavy atom. The van der Waals surface area contributed by atoms with Gasteiger partial charge in [0.25, 0.3) is 0 Å². The van der Waals surface area contributed by atoms with Crippen LogP contribution in [0, 0.1) is 13.8 Å². The summed E-state index contributed by atoms with van der Waals surface area (Å²) < 4.78 is 1.49. The van der Waals surface area contributed by atoms with Crippen LogP contribution in [-0.2, 0) is 34.7 Å². The molecule has 0 spiro atoms. The minimum absolute atomic E-state index is 0.203. The van der Waals surface area contributed by atoms with Gasteiger partial charge in [0, 0.05) is 0 Å². The molecule has 0 saturated heterocycles. The van der Waals surface area contributed by atoms with Gasteiger partial charge in [0.1, 0.15) is 0 Å². The molecular formula is C41H44Hf. The minimum atomic E-state index is 0.203. The first-order chi connectivity index (χ1) is 19.9. The zero-order chi connectivity index (χ0) is 30.5. The Bertz CT molecular complexity index is 1660. The summed E-state index contributed by atoms with van der Waals surface area (Å²) in [5, 5.41) is 5.48. The van der Waals surface area contributed by atoms with Gasteiger partial charge >= 0.3 is 112 Å². The molecule has 0 bridgehead atoms. The fourth-order valence-electron chi connectivity index (χ4n) is 5.06. The van der Waals surface area contributed by atoms with Gasteiger partial charge in [-0.2, -0.15) is 18.2 Å². The number of hydrogen-bond acceptors (Lipinski definition) is 0. The molecule has 0 aromatic heterocycles. The van der Waals surface area contributed by atoms with Crippen molar-refractivity contribution in [3.05, 3.63) is 155 Å². The summed E-state index contributed by atoms with van der Waals surface area (Å²) in [6.07, 6.45) is 0. The first-order valence-corrected chi connectivity index (χ1v) is 16.7. The monoisotopic (exact) mass is 716 g/mol. The van der Waals surface area contributed by atoms with Crippen molar-refractivity contribution >= 4 is 24.8 Å². The molecule has 6 aromatic carbocycles. The first kappa shape index (κ1) is 31.8. The number of benzene rings is 4. The van der Waals surface area contributed by atoms with Crippen LogP contribution in [-0.4, -0.2) is 3.26 Å². The van der Waals surface area contributed by atoms with Crippen molar-refractivity contribution in [3.8, 4) is 0 Å². The molecule has 0 aliphatic heterocycles. The summed E-state index contributed by atoms with van der Waals surface area (Å²) in [6, 6.07) is 43.4. The van der Waals surface area contributed by atoms with Gasteiger partial charge in [0.2, 0.25) is 0 Å². The molecule has 0 aliphatic carbocycles. The molecule has 0 N–H and O–H groups in total. The molecule has 212 valence electrons. The Morgan fingerprint density at radius 2 is 1.12 bits per heavy atom. The Balaban J connectivity index is 0.000000170. The maximum absolute atomic E-state index is 2.35. The van der Waals surface area contributed by atoms with Crippen LogP contribution in [0.15, 0.2) is 121 Å². The fraction of sp³-hybridized carbons (Fsp3) is 0.244. The summed E-state index contributed by atoms with van der Waals surface area (Å²) in [6.45, 7) is 18.0. The van der Waals surface area contributed by atoms with Gasteiger partial charge in [0.05, 0.1) is 0 Å². The van der Waals surface area contributed by atoms with E-state index in [2.05, 4.69) is 146 Å². The van der Waals surface area contributed by atoms with Crippen molar-refractivity contribution in [2.75, 3.05) is 0 Å². The minimum Gasteiger partial charge on any atom is -0.214 e. The topological polar surface area (TPSA) is 0 Å². The largest absolute Gasteiger partial charge is 0.214 e. The summed E-state index contributed by atoms with van der Waals surface area (Å²) in [5.74, 6) is 0. The molecule has 0 unspecified atom stereocenters. The van der Waals surface area contributed by atoms with Crippen LogP contribution in [0.5, 0.6) is 0 Å². The summed E-state index contributed by atoms with van der Waals surface area (Å²) in [4.78, 5) is 0. The average Bonchev–Trinajstić information content (AvgIpc) is 3.65. The van der Waals surface area contributed by atoms with Gasteiger partial charge in [-0.05, 0) is 10.8 Å². The van der Waals surface area contributed by atoms with Gasteiger partial charge in [0.15, 0.2) is 0 Å². The Labute approximate surface area is 268 Å². The second kappa shape index (κ2) is 13.4. The van der Waals surface area contributed by atoms with E-state index >= 15 is 0 Å². The van der Waals surface area contributed by atoms with Gasteiger partial charge < -0.3 is 0 Å². The van der Waals surface area contributed by atoms with Crippen molar-refractivity contribution < 1.29 is 23.9 Å². The molecule has 0 amide bonds. The Kier molecular flexibility index (Phi) is 10.2. The van der Waals surface area contributed by atoms with Crippen LogP contribution in [0.2, 0.25) is 0 Å². The van der Waals surface area contributed by atoms with Crippen LogP contribution in [0.1, 0.15) is 74.9 Å². The average molecular weight is 715 g/mol. The Morgan fingerprint density at radius 3 is 1.57 bits per heavy atom. The number of aryl methyl sites for hydroxylation is 1. The Hall–Kier alpha value is -3.16. The van der Waals surface area contributed by atoms with E-state index in [4.69, 9.17) is 0 Å². The predicted octanol–water partition coefficient (Wildman–Crippen LogP) is 11.1. The van der Waals surface area contributed by atoms with Crippen LogP contribution in [0.4, 0.5) is 0 Å². The molecule has 0 heterocycles. The number of rotatable bonds is 2. The van der Waals surface area contributed by atoms with Crippen molar-refractivity contribution in [1.82, 2.24) is 0 Å². The quantitative estimate of drug-likeness (QED) is 0.124. The maximum Gasteiger partial charge on any atom is -0.172 e. The van der Waals surface area contributed by atoms with Gasteiger partial charge in [-0.25, -0.2) is 12.1 Å². The zero-order valence-electron chi connectivity index (χ0n) is 26.5. The third-order valence-corrected chi connectivity index (χ3v) is 9.93. The van der Waals surface area contributed by atoms with E-state index in [0.717, 1.165) is 23.9 Å². The van der Waals surface area contributed by atoms with E-state index in [1.165, 1.54) is 58.2 Å². The first-order valence-electron chi connectivity index (χ1n) is 14.9. The normalized spacial score (nSPS) is 11.5.